The summed E-state index contributed by atoms with van der Waals surface area (Å²) in [4.78, 5) is 12.3. The fourth-order valence-electron chi connectivity index (χ4n) is 2.19. The van der Waals surface area contributed by atoms with Crippen LogP contribution < -0.4 is 0 Å². The second kappa shape index (κ2) is 18.5. The number of carbonyl (C=O) groups is 1. The van der Waals surface area contributed by atoms with E-state index in [9.17, 15) is 4.79 Å². The van der Waals surface area contributed by atoms with E-state index < -0.39 is 5.97 Å². The van der Waals surface area contributed by atoms with Crippen molar-refractivity contribution in [1.29, 1.82) is 0 Å². The summed E-state index contributed by atoms with van der Waals surface area (Å²) < 4.78 is 2.62. The number of carboxylic acid groups (broad SMARTS) is 1. The molecule has 0 heterocycles. The Morgan fingerprint density at radius 3 is 1.95 bits per heavy atom. The molecule has 0 atom stereocenters. The van der Waals surface area contributed by atoms with E-state index >= 15 is 0 Å². The molecule has 0 unspecified atom stereocenters. The first-order valence-corrected chi connectivity index (χ1v) is 12.5. The second-order valence-electron chi connectivity index (χ2n) is 5.44. The second-order valence-corrected chi connectivity index (χ2v) is 9.47. The van der Waals surface area contributed by atoms with Crippen molar-refractivity contribution in [1.82, 2.24) is 0 Å². The predicted molar refractivity (Wildman–Crippen MR) is 96.5 cm³/mol. The predicted octanol–water partition coefficient (Wildman–Crippen LogP) is 6.20. The molecule has 21 heavy (non-hydrogen) atoms. The SMILES string of the molecule is O=C(O)CCC[Te]CCCCCCCCCCCC=CBr. The van der Waals surface area contributed by atoms with Crippen LogP contribution in [0.5, 0.6) is 0 Å². The number of rotatable bonds is 16. The molecule has 0 aromatic rings. The Bertz CT molecular complexity index is 257. The van der Waals surface area contributed by atoms with E-state index in [2.05, 4.69) is 22.0 Å². The Labute approximate surface area is 149 Å². The number of unbranched alkanes of at least 4 members (excludes halogenated alkanes) is 9. The molecule has 0 saturated carbocycles. The van der Waals surface area contributed by atoms with Crippen LogP contribution in [-0.4, -0.2) is 32.0 Å². The molecule has 0 aromatic carbocycles. The molecule has 0 fully saturated rings. The van der Waals surface area contributed by atoms with Crippen molar-refractivity contribution in [2.45, 2.75) is 86.0 Å². The molecule has 0 rings (SSSR count). The van der Waals surface area contributed by atoms with Gasteiger partial charge in [-0.15, -0.1) is 0 Å². The van der Waals surface area contributed by atoms with Gasteiger partial charge in [-0.1, -0.05) is 15.9 Å². The molecule has 0 aliphatic rings. The smallest absolute Gasteiger partial charge is 0.0598 e. The van der Waals surface area contributed by atoms with Gasteiger partial charge >= 0.3 is 129 Å². The van der Waals surface area contributed by atoms with Crippen molar-refractivity contribution in [2.24, 2.45) is 0 Å². The van der Waals surface area contributed by atoms with Crippen LogP contribution in [0, 0.1) is 0 Å². The van der Waals surface area contributed by atoms with Crippen molar-refractivity contribution < 1.29 is 9.90 Å². The molecule has 0 spiro atoms. The van der Waals surface area contributed by atoms with E-state index in [-0.39, 0.29) is 20.9 Å². The maximum atomic E-state index is 10.4. The molecule has 1 N–H and O–H groups in total. The monoisotopic (exact) mass is 476 g/mol. The van der Waals surface area contributed by atoms with Gasteiger partial charge in [0.15, 0.2) is 0 Å². The summed E-state index contributed by atoms with van der Waals surface area (Å²) in [5.41, 5.74) is 0. The zero-order valence-corrected chi connectivity index (χ0v) is 17.1. The fraction of sp³-hybridized carbons (Fsp3) is 0.824. The van der Waals surface area contributed by atoms with Crippen LogP contribution in [0.15, 0.2) is 11.1 Å². The van der Waals surface area contributed by atoms with Crippen LogP contribution in [0.4, 0.5) is 0 Å². The number of aliphatic carboxylic acids is 1. The Hall–Kier alpha value is 0.480. The Morgan fingerprint density at radius 2 is 1.38 bits per heavy atom. The van der Waals surface area contributed by atoms with Gasteiger partial charge in [0.2, 0.25) is 0 Å². The number of carboxylic acids is 1. The van der Waals surface area contributed by atoms with Crippen LogP contribution >= 0.6 is 15.9 Å². The Morgan fingerprint density at radius 1 is 0.857 bits per heavy atom. The third-order valence-corrected chi connectivity index (χ3v) is 7.10. The zero-order valence-electron chi connectivity index (χ0n) is 13.2. The average Bonchev–Trinajstić information content (AvgIpc) is 2.46. The van der Waals surface area contributed by atoms with E-state index in [0.29, 0.717) is 6.42 Å². The van der Waals surface area contributed by atoms with Crippen molar-refractivity contribution in [3.05, 3.63) is 11.1 Å². The quantitative estimate of drug-likeness (QED) is 0.213. The van der Waals surface area contributed by atoms with E-state index in [1.54, 1.807) is 0 Å². The van der Waals surface area contributed by atoms with Gasteiger partial charge in [-0.25, -0.2) is 0 Å². The van der Waals surface area contributed by atoms with Gasteiger partial charge in [0.1, 0.15) is 0 Å². The van der Waals surface area contributed by atoms with Gasteiger partial charge in [-0.3, -0.25) is 0 Å². The van der Waals surface area contributed by atoms with E-state index in [1.807, 2.05) is 4.99 Å². The van der Waals surface area contributed by atoms with E-state index in [4.69, 9.17) is 5.11 Å². The third-order valence-electron chi connectivity index (χ3n) is 3.43. The molecular formula is C17H31BrO2Te. The number of allylic oxidation sites excluding steroid dienone is 1. The summed E-state index contributed by atoms with van der Waals surface area (Å²) in [7, 11) is 0. The molecule has 4 heteroatoms. The van der Waals surface area contributed by atoms with Crippen LogP contribution in [-0.2, 0) is 4.79 Å². The topological polar surface area (TPSA) is 37.3 Å². The molecule has 0 aliphatic carbocycles. The minimum Gasteiger partial charge on any atom is -0.0598 e. The van der Waals surface area contributed by atoms with Crippen molar-refractivity contribution >= 4 is 42.8 Å². The van der Waals surface area contributed by atoms with Gasteiger partial charge in [0, 0.05) is 0 Å². The summed E-state index contributed by atoms with van der Waals surface area (Å²) >= 11 is 3.41. The average molecular weight is 475 g/mol. The minimum absolute atomic E-state index is 0.113. The van der Waals surface area contributed by atoms with Gasteiger partial charge < -0.3 is 0 Å². The molecule has 0 saturated heterocycles. The summed E-state index contributed by atoms with van der Waals surface area (Å²) in [6.07, 6.45) is 17.2. The maximum absolute atomic E-state index is 10.4. The zero-order chi connectivity index (χ0) is 15.6. The number of halogens is 1. The van der Waals surface area contributed by atoms with Crippen LogP contribution in [0.2, 0.25) is 8.94 Å². The Kier molecular flexibility index (Phi) is 19.0. The van der Waals surface area contributed by atoms with E-state index in [0.717, 1.165) is 6.42 Å². The molecule has 124 valence electrons. The standard InChI is InChI=1S/C17H31BrO2Te/c18-14-10-8-6-4-2-1-3-5-7-9-11-15-21-16-12-13-17(19)20/h10,14H,1-9,11-13,15-16H2,(H,19,20). The van der Waals surface area contributed by atoms with Gasteiger partial charge in [-0.05, 0) is 4.99 Å². The first-order valence-electron chi connectivity index (χ1n) is 8.32. The summed E-state index contributed by atoms with van der Waals surface area (Å²) in [6.45, 7) is 0. The van der Waals surface area contributed by atoms with Crippen molar-refractivity contribution in [2.75, 3.05) is 0 Å². The van der Waals surface area contributed by atoms with Crippen LogP contribution in [0.3, 0.4) is 0 Å². The van der Waals surface area contributed by atoms with Crippen LogP contribution in [0.25, 0.3) is 0 Å². The first-order chi connectivity index (χ1) is 10.3. The fourth-order valence-corrected chi connectivity index (χ4v) is 5.20. The first kappa shape index (κ1) is 21.5. The molecule has 0 radical (unpaired) electrons. The molecule has 2 nitrogen and oxygen atoms in total. The molecule has 0 aliphatic heterocycles. The number of hydrogen-bond acceptors (Lipinski definition) is 1. The molecule has 0 amide bonds. The van der Waals surface area contributed by atoms with Crippen molar-refractivity contribution in [3.8, 4) is 0 Å². The summed E-state index contributed by atoms with van der Waals surface area (Å²) in [5, 5.41) is 8.54. The molecule has 0 bridgehead atoms. The third kappa shape index (κ3) is 20.5. The van der Waals surface area contributed by atoms with Gasteiger partial charge in [-0.2, -0.15) is 0 Å². The van der Waals surface area contributed by atoms with Crippen LogP contribution in [0.1, 0.15) is 77.0 Å². The Balaban J connectivity index is 2.98. The van der Waals surface area contributed by atoms with Crippen molar-refractivity contribution in [3.63, 3.8) is 0 Å². The summed E-state index contributed by atoms with van der Waals surface area (Å²) in [5.74, 6) is -0.637. The molecular weight excluding hydrogens is 444 g/mol. The van der Waals surface area contributed by atoms with E-state index in [1.165, 1.54) is 73.1 Å². The van der Waals surface area contributed by atoms with Gasteiger partial charge in [0.25, 0.3) is 0 Å². The van der Waals surface area contributed by atoms with Gasteiger partial charge in [0.05, 0.1) is 0 Å². The summed E-state index contributed by atoms with van der Waals surface area (Å²) in [6, 6.07) is 0. The molecule has 0 aromatic heterocycles. The number of hydrogen-bond donors (Lipinski definition) is 1. The normalized spacial score (nSPS) is 11.3. The minimum atomic E-state index is -0.637.